The second kappa shape index (κ2) is 9.51. The van der Waals surface area contributed by atoms with E-state index in [2.05, 4.69) is 56.9 Å². The molecule has 32 heavy (non-hydrogen) atoms. The highest BCUT2D eigenvalue weighted by Crippen LogP contribution is 2.27. The van der Waals surface area contributed by atoms with Gasteiger partial charge in [-0.2, -0.15) is 0 Å². The predicted octanol–water partition coefficient (Wildman–Crippen LogP) is 4.85. The molecule has 5 heteroatoms. The SMILES string of the molecule is CCc1ccc(C(=O)N2CCN(c3nc(-c4ccc(C)cc4)nc(C)c3CC)CC2)cc1. The van der Waals surface area contributed by atoms with Crippen molar-refractivity contribution in [1.82, 2.24) is 14.9 Å². The van der Waals surface area contributed by atoms with Crippen LogP contribution in [-0.2, 0) is 12.8 Å². The molecule has 0 bridgehead atoms. The van der Waals surface area contributed by atoms with E-state index < -0.39 is 0 Å². The lowest BCUT2D eigenvalue weighted by Crippen LogP contribution is -2.49. The zero-order chi connectivity index (χ0) is 22.7. The quantitative estimate of drug-likeness (QED) is 0.583. The Bertz CT molecular complexity index is 1080. The van der Waals surface area contributed by atoms with E-state index in [0.29, 0.717) is 13.1 Å². The molecule has 1 amide bonds. The van der Waals surface area contributed by atoms with Crippen molar-refractivity contribution >= 4 is 11.7 Å². The number of carbonyl (C=O) groups excluding carboxylic acids is 1. The summed E-state index contributed by atoms with van der Waals surface area (Å²) in [7, 11) is 0. The molecule has 1 aliphatic heterocycles. The molecule has 5 nitrogen and oxygen atoms in total. The largest absolute Gasteiger partial charge is 0.353 e. The van der Waals surface area contributed by atoms with Crippen LogP contribution in [-0.4, -0.2) is 47.0 Å². The topological polar surface area (TPSA) is 49.3 Å². The average molecular weight is 429 g/mol. The van der Waals surface area contributed by atoms with Crippen LogP contribution in [0.25, 0.3) is 11.4 Å². The summed E-state index contributed by atoms with van der Waals surface area (Å²) in [5.74, 6) is 1.89. The van der Waals surface area contributed by atoms with Crippen LogP contribution in [0.2, 0.25) is 0 Å². The van der Waals surface area contributed by atoms with E-state index in [1.807, 2.05) is 29.2 Å². The Morgan fingerprint density at radius 3 is 2.09 bits per heavy atom. The van der Waals surface area contributed by atoms with Crippen molar-refractivity contribution in [3.8, 4) is 11.4 Å². The van der Waals surface area contributed by atoms with Crippen molar-refractivity contribution in [3.05, 3.63) is 76.5 Å². The van der Waals surface area contributed by atoms with Gasteiger partial charge < -0.3 is 9.80 Å². The van der Waals surface area contributed by atoms with Gasteiger partial charge in [-0.1, -0.05) is 55.8 Å². The van der Waals surface area contributed by atoms with Gasteiger partial charge in [0, 0.05) is 48.6 Å². The van der Waals surface area contributed by atoms with Crippen LogP contribution in [0, 0.1) is 13.8 Å². The van der Waals surface area contributed by atoms with Crippen molar-refractivity contribution in [1.29, 1.82) is 0 Å². The highest BCUT2D eigenvalue weighted by atomic mass is 16.2. The van der Waals surface area contributed by atoms with Gasteiger partial charge in [0.05, 0.1) is 0 Å². The maximum Gasteiger partial charge on any atom is 0.253 e. The fourth-order valence-electron chi connectivity index (χ4n) is 4.28. The molecule has 0 unspecified atom stereocenters. The summed E-state index contributed by atoms with van der Waals surface area (Å²) in [6.45, 7) is 11.4. The van der Waals surface area contributed by atoms with Crippen LogP contribution < -0.4 is 4.90 Å². The van der Waals surface area contributed by atoms with Gasteiger partial charge in [0.1, 0.15) is 5.82 Å². The van der Waals surface area contributed by atoms with Crippen molar-refractivity contribution in [2.45, 2.75) is 40.5 Å². The van der Waals surface area contributed by atoms with Crippen LogP contribution in [0.4, 0.5) is 5.82 Å². The Balaban J connectivity index is 1.53. The van der Waals surface area contributed by atoms with E-state index in [9.17, 15) is 4.79 Å². The van der Waals surface area contributed by atoms with E-state index >= 15 is 0 Å². The predicted molar refractivity (Wildman–Crippen MR) is 130 cm³/mol. The summed E-state index contributed by atoms with van der Waals surface area (Å²) in [4.78, 5) is 27.0. The van der Waals surface area contributed by atoms with Crippen molar-refractivity contribution in [2.75, 3.05) is 31.1 Å². The Kier molecular flexibility index (Phi) is 6.54. The number of carbonyl (C=O) groups is 1. The molecular formula is C27H32N4O. The Labute approximate surface area is 191 Å². The van der Waals surface area contributed by atoms with Crippen molar-refractivity contribution in [3.63, 3.8) is 0 Å². The molecule has 0 radical (unpaired) electrons. The number of anilines is 1. The first-order valence-electron chi connectivity index (χ1n) is 11.6. The third-order valence-electron chi connectivity index (χ3n) is 6.33. The van der Waals surface area contributed by atoms with Crippen LogP contribution in [0.3, 0.4) is 0 Å². The molecule has 0 spiro atoms. The molecule has 166 valence electrons. The number of piperazine rings is 1. The fraction of sp³-hybridized carbons (Fsp3) is 0.370. The first-order valence-corrected chi connectivity index (χ1v) is 11.6. The standard InChI is InChI=1S/C27H32N4O/c1-5-21-9-13-23(14-10-21)27(32)31-17-15-30(16-18-31)26-24(6-2)20(4)28-25(29-26)22-11-7-19(3)8-12-22/h7-14H,5-6,15-18H2,1-4H3. The van der Waals surface area contributed by atoms with Crippen molar-refractivity contribution < 1.29 is 4.79 Å². The van der Waals surface area contributed by atoms with Crippen LogP contribution in [0.1, 0.15) is 46.6 Å². The van der Waals surface area contributed by atoms with E-state index in [4.69, 9.17) is 9.97 Å². The first kappa shape index (κ1) is 22.0. The molecule has 0 saturated carbocycles. The maximum atomic E-state index is 13.0. The van der Waals surface area contributed by atoms with E-state index in [1.54, 1.807) is 0 Å². The van der Waals surface area contributed by atoms with E-state index in [0.717, 1.165) is 54.4 Å². The number of benzene rings is 2. The molecule has 0 aliphatic carbocycles. The van der Waals surface area contributed by atoms with Gasteiger partial charge in [-0.05, 0) is 44.4 Å². The normalized spacial score (nSPS) is 14.0. The van der Waals surface area contributed by atoms with E-state index in [1.165, 1.54) is 16.7 Å². The second-order valence-corrected chi connectivity index (χ2v) is 8.48. The minimum atomic E-state index is 0.113. The monoisotopic (exact) mass is 428 g/mol. The highest BCUT2D eigenvalue weighted by molar-refractivity contribution is 5.94. The summed E-state index contributed by atoms with van der Waals surface area (Å²) >= 11 is 0. The highest BCUT2D eigenvalue weighted by Gasteiger charge is 2.25. The molecule has 1 saturated heterocycles. The fourth-order valence-corrected chi connectivity index (χ4v) is 4.28. The zero-order valence-electron chi connectivity index (χ0n) is 19.6. The van der Waals surface area contributed by atoms with Gasteiger partial charge in [-0.15, -0.1) is 0 Å². The lowest BCUT2D eigenvalue weighted by atomic mass is 10.1. The molecule has 1 aromatic heterocycles. The number of nitrogens with zero attached hydrogens (tertiary/aromatic N) is 4. The third kappa shape index (κ3) is 4.52. The van der Waals surface area contributed by atoms with Gasteiger partial charge in [0.15, 0.2) is 5.82 Å². The lowest BCUT2D eigenvalue weighted by molar-refractivity contribution is 0.0746. The molecule has 2 aromatic carbocycles. The Morgan fingerprint density at radius 1 is 0.844 bits per heavy atom. The molecule has 0 atom stereocenters. The van der Waals surface area contributed by atoms with Gasteiger partial charge in [-0.3, -0.25) is 4.79 Å². The van der Waals surface area contributed by atoms with Crippen LogP contribution >= 0.6 is 0 Å². The number of hydrogen-bond donors (Lipinski definition) is 0. The first-order chi connectivity index (χ1) is 15.5. The van der Waals surface area contributed by atoms with E-state index in [-0.39, 0.29) is 5.91 Å². The third-order valence-corrected chi connectivity index (χ3v) is 6.33. The second-order valence-electron chi connectivity index (χ2n) is 8.48. The Hall–Kier alpha value is -3.21. The van der Waals surface area contributed by atoms with Crippen LogP contribution in [0.5, 0.6) is 0 Å². The van der Waals surface area contributed by atoms with Crippen molar-refractivity contribution in [2.24, 2.45) is 0 Å². The minimum Gasteiger partial charge on any atom is -0.353 e. The average Bonchev–Trinajstić information content (AvgIpc) is 2.83. The molecule has 1 fully saturated rings. The van der Waals surface area contributed by atoms with Gasteiger partial charge in [0.2, 0.25) is 0 Å². The molecule has 2 heterocycles. The summed E-state index contributed by atoms with van der Waals surface area (Å²) in [6.07, 6.45) is 1.87. The number of aromatic nitrogens is 2. The molecule has 1 aliphatic rings. The molecular weight excluding hydrogens is 396 g/mol. The zero-order valence-corrected chi connectivity index (χ0v) is 19.6. The lowest BCUT2D eigenvalue weighted by Gasteiger charge is -2.36. The number of aryl methyl sites for hydroxylation is 3. The summed E-state index contributed by atoms with van der Waals surface area (Å²) in [6, 6.07) is 16.4. The molecule has 4 rings (SSSR count). The van der Waals surface area contributed by atoms with Gasteiger partial charge in [-0.25, -0.2) is 9.97 Å². The summed E-state index contributed by atoms with van der Waals surface area (Å²) < 4.78 is 0. The molecule has 0 N–H and O–H groups in total. The van der Waals surface area contributed by atoms with Gasteiger partial charge in [0.25, 0.3) is 5.91 Å². The number of rotatable bonds is 5. The van der Waals surface area contributed by atoms with Gasteiger partial charge >= 0.3 is 0 Å². The smallest absolute Gasteiger partial charge is 0.253 e. The Morgan fingerprint density at radius 2 is 1.50 bits per heavy atom. The van der Waals surface area contributed by atoms with Crippen LogP contribution in [0.15, 0.2) is 48.5 Å². The maximum absolute atomic E-state index is 13.0. The summed E-state index contributed by atoms with van der Waals surface area (Å²) in [5.41, 5.74) is 6.50. The summed E-state index contributed by atoms with van der Waals surface area (Å²) in [5, 5.41) is 0. The number of hydrogen-bond acceptors (Lipinski definition) is 4. The molecule has 3 aromatic rings. The minimum absolute atomic E-state index is 0.113. The number of amides is 1.